The lowest BCUT2D eigenvalue weighted by Crippen LogP contribution is -2.42. The molecule has 0 heterocycles. The maximum absolute atomic E-state index is 2.77. The van der Waals surface area contributed by atoms with Crippen molar-refractivity contribution in [1.82, 2.24) is 4.90 Å². The van der Waals surface area contributed by atoms with E-state index in [1.54, 1.807) is 0 Å². The molecule has 1 unspecified atom stereocenters. The minimum Gasteiger partial charge on any atom is -0.300 e. The molecule has 96 valence electrons. The van der Waals surface area contributed by atoms with E-state index in [-0.39, 0.29) is 0 Å². The van der Waals surface area contributed by atoms with Gasteiger partial charge in [0.2, 0.25) is 0 Å². The number of hydrogen-bond acceptors (Lipinski definition) is 1. The highest BCUT2D eigenvalue weighted by Crippen LogP contribution is 2.30. The number of nitrogens with zero attached hydrogens (tertiary/aromatic N) is 1. The fourth-order valence-electron chi connectivity index (χ4n) is 3.43. The normalized spacial score (nSPS) is 20.2. The zero-order valence-electron chi connectivity index (χ0n) is 11.7. The van der Waals surface area contributed by atoms with Gasteiger partial charge in [-0.3, -0.25) is 0 Å². The highest BCUT2D eigenvalue weighted by molar-refractivity contribution is 4.80. The van der Waals surface area contributed by atoms with Gasteiger partial charge >= 0.3 is 0 Å². The second-order valence-corrected chi connectivity index (χ2v) is 5.41. The van der Waals surface area contributed by atoms with Crippen LogP contribution in [0.4, 0.5) is 0 Å². The van der Waals surface area contributed by atoms with Gasteiger partial charge < -0.3 is 4.90 Å². The smallest absolute Gasteiger partial charge is 0.0121 e. The molecular formula is C15H31N. The van der Waals surface area contributed by atoms with Gasteiger partial charge in [0.25, 0.3) is 0 Å². The number of rotatable bonds is 7. The number of hydrogen-bond donors (Lipinski definition) is 0. The predicted molar refractivity (Wildman–Crippen MR) is 72.8 cm³/mol. The summed E-state index contributed by atoms with van der Waals surface area (Å²) in [6, 6.07) is 0.875. The molecule has 1 atom stereocenters. The largest absolute Gasteiger partial charge is 0.300 e. The molecule has 1 aliphatic rings. The van der Waals surface area contributed by atoms with Crippen LogP contribution in [0.1, 0.15) is 72.1 Å². The van der Waals surface area contributed by atoms with E-state index in [4.69, 9.17) is 0 Å². The molecule has 0 aromatic heterocycles. The van der Waals surface area contributed by atoms with Crippen molar-refractivity contribution in [3.8, 4) is 0 Å². The van der Waals surface area contributed by atoms with E-state index in [0.717, 1.165) is 12.0 Å². The van der Waals surface area contributed by atoms with Crippen molar-refractivity contribution in [3.05, 3.63) is 0 Å². The SMILES string of the molecule is CCCN(CCC)C(CC)C1CCCCC1. The lowest BCUT2D eigenvalue weighted by Gasteiger charge is -2.38. The fraction of sp³-hybridized carbons (Fsp3) is 1.00. The first-order valence-electron chi connectivity index (χ1n) is 7.57. The summed E-state index contributed by atoms with van der Waals surface area (Å²) in [6.45, 7) is 9.63. The Labute approximate surface area is 103 Å². The highest BCUT2D eigenvalue weighted by atomic mass is 15.2. The van der Waals surface area contributed by atoms with Crippen LogP contribution >= 0.6 is 0 Å². The quantitative estimate of drug-likeness (QED) is 0.618. The van der Waals surface area contributed by atoms with Crippen molar-refractivity contribution in [2.75, 3.05) is 13.1 Å². The summed E-state index contributed by atoms with van der Waals surface area (Å²) in [4.78, 5) is 2.77. The van der Waals surface area contributed by atoms with Crippen LogP contribution in [0.5, 0.6) is 0 Å². The van der Waals surface area contributed by atoms with Crippen LogP contribution in [0.25, 0.3) is 0 Å². The van der Waals surface area contributed by atoms with Gasteiger partial charge in [-0.15, -0.1) is 0 Å². The molecule has 0 aliphatic heterocycles. The van der Waals surface area contributed by atoms with Crippen LogP contribution in [0.2, 0.25) is 0 Å². The van der Waals surface area contributed by atoms with E-state index < -0.39 is 0 Å². The minimum absolute atomic E-state index is 0.875. The van der Waals surface area contributed by atoms with Gasteiger partial charge in [0.1, 0.15) is 0 Å². The summed E-state index contributed by atoms with van der Waals surface area (Å²) < 4.78 is 0. The van der Waals surface area contributed by atoms with Crippen molar-refractivity contribution < 1.29 is 0 Å². The van der Waals surface area contributed by atoms with Crippen molar-refractivity contribution >= 4 is 0 Å². The predicted octanol–water partition coefficient (Wildman–Crippen LogP) is 4.47. The molecule has 1 heteroatoms. The van der Waals surface area contributed by atoms with Gasteiger partial charge in [0.15, 0.2) is 0 Å². The van der Waals surface area contributed by atoms with Gasteiger partial charge in [-0.2, -0.15) is 0 Å². The van der Waals surface area contributed by atoms with E-state index in [1.807, 2.05) is 0 Å². The molecule has 0 bridgehead atoms. The van der Waals surface area contributed by atoms with E-state index in [9.17, 15) is 0 Å². The zero-order valence-corrected chi connectivity index (χ0v) is 11.7. The van der Waals surface area contributed by atoms with Gasteiger partial charge in [-0.1, -0.05) is 40.0 Å². The molecule has 0 aromatic carbocycles. The Morgan fingerprint density at radius 1 is 0.938 bits per heavy atom. The summed E-state index contributed by atoms with van der Waals surface area (Å²) in [7, 11) is 0. The Kier molecular flexibility index (Phi) is 7.11. The van der Waals surface area contributed by atoms with Crippen LogP contribution in [-0.2, 0) is 0 Å². The van der Waals surface area contributed by atoms with Crippen LogP contribution in [-0.4, -0.2) is 24.0 Å². The Balaban J connectivity index is 2.52. The van der Waals surface area contributed by atoms with Crippen LogP contribution in [0, 0.1) is 5.92 Å². The summed E-state index contributed by atoms with van der Waals surface area (Å²) >= 11 is 0. The molecule has 1 nitrogen and oxygen atoms in total. The van der Waals surface area contributed by atoms with Gasteiger partial charge in [-0.05, 0) is 51.1 Å². The monoisotopic (exact) mass is 225 g/mol. The highest BCUT2D eigenvalue weighted by Gasteiger charge is 2.26. The van der Waals surface area contributed by atoms with Gasteiger partial charge in [0, 0.05) is 6.04 Å². The van der Waals surface area contributed by atoms with Crippen molar-refractivity contribution in [2.24, 2.45) is 5.92 Å². The van der Waals surface area contributed by atoms with Crippen molar-refractivity contribution in [2.45, 2.75) is 78.2 Å². The topological polar surface area (TPSA) is 3.24 Å². The molecule has 1 fully saturated rings. The first-order chi connectivity index (χ1) is 7.83. The molecule has 0 aromatic rings. The van der Waals surface area contributed by atoms with Crippen molar-refractivity contribution in [1.29, 1.82) is 0 Å². The molecule has 0 spiro atoms. The molecular weight excluding hydrogens is 194 g/mol. The molecule has 1 saturated carbocycles. The average molecular weight is 225 g/mol. The fourth-order valence-corrected chi connectivity index (χ4v) is 3.43. The molecule has 0 amide bonds. The lowest BCUT2D eigenvalue weighted by atomic mass is 9.82. The molecule has 1 aliphatic carbocycles. The Hall–Kier alpha value is -0.0400. The van der Waals surface area contributed by atoms with E-state index >= 15 is 0 Å². The second-order valence-electron chi connectivity index (χ2n) is 5.41. The molecule has 1 rings (SSSR count). The Morgan fingerprint density at radius 3 is 1.94 bits per heavy atom. The van der Waals surface area contributed by atoms with Crippen LogP contribution in [0.15, 0.2) is 0 Å². The first kappa shape index (κ1) is 14.0. The molecule has 0 N–H and O–H groups in total. The maximum atomic E-state index is 2.77. The third-order valence-electron chi connectivity index (χ3n) is 4.10. The van der Waals surface area contributed by atoms with E-state index in [0.29, 0.717) is 0 Å². The zero-order chi connectivity index (χ0) is 11.8. The summed E-state index contributed by atoms with van der Waals surface area (Å²) in [5, 5.41) is 0. The minimum atomic E-state index is 0.875. The molecule has 0 radical (unpaired) electrons. The van der Waals surface area contributed by atoms with Crippen LogP contribution in [0.3, 0.4) is 0 Å². The van der Waals surface area contributed by atoms with Crippen LogP contribution < -0.4 is 0 Å². The standard InChI is InChI=1S/C15H31N/c1-4-12-16(13-5-2)15(6-3)14-10-8-7-9-11-14/h14-15H,4-13H2,1-3H3. The first-order valence-corrected chi connectivity index (χ1v) is 7.57. The van der Waals surface area contributed by atoms with E-state index in [1.165, 1.54) is 64.5 Å². The third kappa shape index (κ3) is 4.08. The molecule has 0 saturated heterocycles. The Morgan fingerprint density at radius 2 is 1.50 bits per heavy atom. The lowest BCUT2D eigenvalue weighted by molar-refractivity contribution is 0.113. The second kappa shape index (κ2) is 8.11. The summed E-state index contributed by atoms with van der Waals surface area (Å²) in [6.07, 6.45) is 11.4. The van der Waals surface area contributed by atoms with Gasteiger partial charge in [-0.25, -0.2) is 0 Å². The average Bonchev–Trinajstić information content (AvgIpc) is 2.32. The van der Waals surface area contributed by atoms with Crippen molar-refractivity contribution in [3.63, 3.8) is 0 Å². The van der Waals surface area contributed by atoms with Gasteiger partial charge in [0.05, 0.1) is 0 Å². The maximum Gasteiger partial charge on any atom is 0.0121 e. The summed E-state index contributed by atoms with van der Waals surface area (Å²) in [5.74, 6) is 0.997. The summed E-state index contributed by atoms with van der Waals surface area (Å²) in [5.41, 5.74) is 0. The molecule has 16 heavy (non-hydrogen) atoms. The Bertz CT molecular complexity index is 155. The third-order valence-corrected chi connectivity index (χ3v) is 4.10. The van der Waals surface area contributed by atoms with E-state index in [2.05, 4.69) is 25.7 Å².